The van der Waals surface area contributed by atoms with Crippen LogP contribution in [0, 0.1) is 24.0 Å². The van der Waals surface area contributed by atoms with E-state index < -0.39 is 6.04 Å². The van der Waals surface area contributed by atoms with Crippen LogP contribution in [0.5, 0.6) is 0 Å². The van der Waals surface area contributed by atoms with Crippen molar-refractivity contribution in [2.75, 3.05) is 14.1 Å². The number of rotatable bonds is 4. The van der Waals surface area contributed by atoms with E-state index in [0.29, 0.717) is 0 Å². The van der Waals surface area contributed by atoms with Crippen molar-refractivity contribution < 1.29 is 4.92 Å². The first kappa shape index (κ1) is 17.6. The van der Waals surface area contributed by atoms with Crippen molar-refractivity contribution in [1.82, 2.24) is 10.2 Å². The first-order valence-electron chi connectivity index (χ1n) is 8.60. The van der Waals surface area contributed by atoms with Crippen molar-refractivity contribution in [1.29, 1.82) is 0 Å². The largest absolute Gasteiger partial charge is 0.309 e. The van der Waals surface area contributed by atoms with Gasteiger partial charge in [-0.3, -0.25) is 15.0 Å². The second-order valence-electron chi connectivity index (χ2n) is 6.97. The Morgan fingerprint density at radius 1 is 0.920 bits per heavy atom. The SMILES string of the molecule is CN[C@H]1[C@H]([N+](=O)[O-])[C@@H](c2ccc(C)cc2)N(C)[C@@H]1c1ccc(C)cc1. The van der Waals surface area contributed by atoms with Gasteiger partial charge in [0.1, 0.15) is 6.04 Å². The number of benzene rings is 2. The summed E-state index contributed by atoms with van der Waals surface area (Å²) in [5.41, 5.74) is 4.44. The third-order valence-electron chi connectivity index (χ3n) is 5.32. The number of likely N-dealkylation sites (tertiary alicyclic amines) is 1. The van der Waals surface area contributed by atoms with Crippen LogP contribution in [0.25, 0.3) is 0 Å². The molecule has 1 fully saturated rings. The fourth-order valence-corrected chi connectivity index (χ4v) is 4.03. The smallest absolute Gasteiger partial charge is 0.249 e. The average Bonchev–Trinajstić information content (AvgIpc) is 2.89. The van der Waals surface area contributed by atoms with Gasteiger partial charge in [0.25, 0.3) is 0 Å². The highest BCUT2D eigenvalue weighted by molar-refractivity contribution is 5.32. The van der Waals surface area contributed by atoms with E-state index in [1.165, 1.54) is 5.56 Å². The molecule has 1 saturated heterocycles. The van der Waals surface area contributed by atoms with Gasteiger partial charge in [0.15, 0.2) is 0 Å². The molecule has 0 bridgehead atoms. The minimum Gasteiger partial charge on any atom is -0.309 e. The molecule has 5 heteroatoms. The molecule has 1 N–H and O–H groups in total. The van der Waals surface area contributed by atoms with E-state index in [1.54, 1.807) is 0 Å². The standard InChI is InChI=1S/C20H25N3O2/c1-13-5-9-15(10-6-13)18-17(21-3)20(23(24)25)19(22(18)4)16-11-7-14(2)8-12-16/h5-12,17-21H,1-4H3/t17-,18-,19-,20+/m1/s1. The molecule has 1 heterocycles. The minimum absolute atomic E-state index is 0.0488. The molecule has 3 rings (SSSR count). The monoisotopic (exact) mass is 339 g/mol. The molecule has 0 radical (unpaired) electrons. The topological polar surface area (TPSA) is 58.4 Å². The molecule has 2 aromatic carbocycles. The lowest BCUT2D eigenvalue weighted by Crippen LogP contribution is -2.43. The maximum atomic E-state index is 11.9. The van der Waals surface area contributed by atoms with E-state index in [1.807, 2.05) is 52.2 Å². The Bertz CT molecular complexity index is 743. The van der Waals surface area contributed by atoms with Crippen LogP contribution in [0.2, 0.25) is 0 Å². The van der Waals surface area contributed by atoms with Crippen LogP contribution in [0.4, 0.5) is 0 Å². The summed E-state index contributed by atoms with van der Waals surface area (Å²) in [7, 11) is 3.80. The molecule has 5 nitrogen and oxygen atoms in total. The van der Waals surface area contributed by atoms with E-state index in [4.69, 9.17) is 0 Å². The fourth-order valence-electron chi connectivity index (χ4n) is 4.03. The molecule has 1 aliphatic heterocycles. The Kier molecular flexibility index (Phi) is 4.88. The number of hydrogen-bond donors (Lipinski definition) is 1. The first-order chi connectivity index (χ1) is 11.9. The van der Waals surface area contributed by atoms with E-state index in [2.05, 4.69) is 34.5 Å². The minimum atomic E-state index is -0.705. The van der Waals surface area contributed by atoms with Gasteiger partial charge in [-0.25, -0.2) is 0 Å². The number of hydrogen-bond acceptors (Lipinski definition) is 4. The van der Waals surface area contributed by atoms with Crippen LogP contribution in [0.1, 0.15) is 34.3 Å². The summed E-state index contributed by atoms with van der Waals surface area (Å²) in [5.74, 6) is 0. The van der Waals surface area contributed by atoms with E-state index in [-0.39, 0.29) is 23.0 Å². The van der Waals surface area contributed by atoms with Crippen LogP contribution in [0.15, 0.2) is 48.5 Å². The van der Waals surface area contributed by atoms with E-state index >= 15 is 0 Å². The van der Waals surface area contributed by atoms with Gasteiger partial charge >= 0.3 is 0 Å². The Balaban J connectivity index is 2.06. The highest BCUT2D eigenvalue weighted by Crippen LogP contribution is 2.44. The van der Waals surface area contributed by atoms with Gasteiger partial charge in [-0.05, 0) is 39.1 Å². The summed E-state index contributed by atoms with van der Waals surface area (Å²) in [5, 5.41) is 15.2. The summed E-state index contributed by atoms with van der Waals surface area (Å²) in [6.45, 7) is 4.07. The quantitative estimate of drug-likeness (QED) is 0.686. The van der Waals surface area contributed by atoms with Gasteiger partial charge in [-0.15, -0.1) is 0 Å². The lowest BCUT2D eigenvalue weighted by atomic mass is 9.94. The second kappa shape index (κ2) is 6.94. The van der Waals surface area contributed by atoms with Crippen LogP contribution < -0.4 is 5.32 Å². The summed E-state index contributed by atoms with van der Waals surface area (Å²) in [6.07, 6.45) is 0. The van der Waals surface area contributed by atoms with Gasteiger partial charge in [0.2, 0.25) is 6.04 Å². The van der Waals surface area contributed by atoms with Crippen molar-refractivity contribution in [2.24, 2.45) is 0 Å². The zero-order valence-electron chi connectivity index (χ0n) is 15.1. The van der Waals surface area contributed by atoms with Crippen molar-refractivity contribution >= 4 is 0 Å². The predicted octanol–water partition coefficient (Wildman–Crippen LogP) is 3.26. The molecule has 0 amide bonds. The Morgan fingerprint density at radius 3 is 1.76 bits per heavy atom. The second-order valence-corrected chi connectivity index (χ2v) is 6.97. The lowest BCUT2D eigenvalue weighted by molar-refractivity contribution is -0.528. The van der Waals surface area contributed by atoms with Gasteiger partial charge in [0, 0.05) is 4.92 Å². The number of nitrogens with zero attached hydrogens (tertiary/aromatic N) is 2. The molecule has 0 aromatic heterocycles. The zero-order chi connectivity index (χ0) is 18.1. The summed E-state index contributed by atoms with van der Waals surface area (Å²) in [4.78, 5) is 14.0. The van der Waals surface area contributed by atoms with Gasteiger partial charge < -0.3 is 5.32 Å². The molecule has 4 atom stereocenters. The van der Waals surface area contributed by atoms with Crippen molar-refractivity contribution in [2.45, 2.75) is 38.0 Å². The van der Waals surface area contributed by atoms with Crippen LogP contribution >= 0.6 is 0 Å². The Morgan fingerprint density at radius 2 is 1.36 bits per heavy atom. The number of nitro groups is 1. The molecule has 0 spiro atoms. The normalized spacial score (nSPS) is 26.7. The molecule has 132 valence electrons. The number of nitrogens with one attached hydrogen (secondary N) is 1. The van der Waals surface area contributed by atoms with Crippen molar-refractivity contribution in [3.05, 3.63) is 80.9 Å². The number of likely N-dealkylation sites (N-methyl/N-ethyl adjacent to an activating group) is 2. The van der Waals surface area contributed by atoms with E-state index in [9.17, 15) is 10.1 Å². The third-order valence-corrected chi connectivity index (χ3v) is 5.32. The van der Waals surface area contributed by atoms with Crippen LogP contribution in [-0.2, 0) is 0 Å². The predicted molar refractivity (Wildman–Crippen MR) is 99.2 cm³/mol. The maximum absolute atomic E-state index is 11.9. The van der Waals surface area contributed by atoms with Crippen LogP contribution in [-0.4, -0.2) is 36.0 Å². The summed E-state index contributed by atoms with van der Waals surface area (Å²) < 4.78 is 0. The lowest BCUT2D eigenvalue weighted by Gasteiger charge is -2.26. The van der Waals surface area contributed by atoms with Crippen LogP contribution in [0.3, 0.4) is 0 Å². The molecule has 0 saturated carbocycles. The van der Waals surface area contributed by atoms with Gasteiger partial charge in [0.05, 0.1) is 12.1 Å². The Labute approximate surface area is 148 Å². The summed E-state index contributed by atoms with van der Waals surface area (Å²) in [6, 6.07) is 15.1. The maximum Gasteiger partial charge on any atom is 0.249 e. The average molecular weight is 339 g/mol. The Hall–Kier alpha value is -2.24. The molecule has 1 aliphatic rings. The molecular weight excluding hydrogens is 314 g/mol. The highest BCUT2D eigenvalue weighted by Gasteiger charge is 2.54. The van der Waals surface area contributed by atoms with Crippen molar-refractivity contribution in [3.63, 3.8) is 0 Å². The molecule has 25 heavy (non-hydrogen) atoms. The van der Waals surface area contributed by atoms with Crippen molar-refractivity contribution in [3.8, 4) is 0 Å². The molecule has 2 aromatic rings. The number of aryl methyl sites for hydroxylation is 2. The highest BCUT2D eigenvalue weighted by atomic mass is 16.6. The third kappa shape index (κ3) is 3.17. The zero-order valence-corrected chi connectivity index (χ0v) is 15.1. The first-order valence-corrected chi connectivity index (χ1v) is 8.60. The van der Waals surface area contributed by atoms with E-state index in [0.717, 1.165) is 16.7 Å². The molecule has 0 unspecified atom stereocenters. The molecular formula is C20H25N3O2. The summed E-state index contributed by atoms with van der Waals surface area (Å²) >= 11 is 0. The van der Waals surface area contributed by atoms with Gasteiger partial charge in [-0.1, -0.05) is 59.7 Å². The molecule has 0 aliphatic carbocycles. The fraction of sp³-hybridized carbons (Fsp3) is 0.400. The van der Waals surface area contributed by atoms with Gasteiger partial charge in [-0.2, -0.15) is 0 Å².